The van der Waals surface area contributed by atoms with Crippen LogP contribution in [-0.4, -0.2) is 16.9 Å². The monoisotopic (exact) mass is 374 g/mol. The Labute approximate surface area is 163 Å². The maximum atomic E-state index is 5.98. The zero-order valence-electron chi connectivity index (χ0n) is 16.0. The van der Waals surface area contributed by atoms with Crippen LogP contribution < -0.4 is 4.74 Å². The van der Waals surface area contributed by atoms with Gasteiger partial charge in [0.25, 0.3) is 0 Å². The fraction of sp³-hybridized carbons (Fsp3) is 0.174. The summed E-state index contributed by atoms with van der Waals surface area (Å²) in [5.41, 5.74) is 2.97. The minimum atomic E-state index is 0.353. The number of nitrogens with zero attached hydrogens (tertiary/aromatic N) is 2. The minimum Gasteiger partial charge on any atom is -0.497 e. The fourth-order valence-electron chi connectivity index (χ4n) is 3.12. The second kappa shape index (κ2) is 7.64. The Balaban J connectivity index is 1.75. The topological polar surface area (TPSA) is 49.4 Å². The van der Waals surface area contributed by atoms with Gasteiger partial charge in [-0.25, -0.2) is 0 Å². The van der Waals surface area contributed by atoms with Crippen LogP contribution in [0.4, 0.5) is 0 Å². The Morgan fingerprint density at radius 1 is 1.11 bits per heavy atom. The zero-order valence-corrected chi connectivity index (χ0v) is 16.0. The standard InChI is InChI=1S/C23H22N2O3/c1-16(2)27-15-19-10-12-22(28-19)23-20-11-9-18(26-3)13-21(20)25(24-23)14-17-7-5-4-6-8-17/h4-13H,1,14-15H2,2-3H3. The highest BCUT2D eigenvalue weighted by Gasteiger charge is 2.17. The molecule has 0 N–H and O–H groups in total. The van der Waals surface area contributed by atoms with E-state index >= 15 is 0 Å². The van der Waals surface area contributed by atoms with Crippen LogP contribution >= 0.6 is 0 Å². The molecule has 0 spiro atoms. The summed E-state index contributed by atoms with van der Waals surface area (Å²) in [6.45, 7) is 6.58. The van der Waals surface area contributed by atoms with Crippen LogP contribution in [0.15, 0.2) is 77.4 Å². The summed E-state index contributed by atoms with van der Waals surface area (Å²) in [6, 6.07) is 20.0. The number of ether oxygens (including phenoxy) is 2. The summed E-state index contributed by atoms with van der Waals surface area (Å²) in [4.78, 5) is 0. The molecule has 0 aliphatic rings. The lowest BCUT2D eigenvalue weighted by atomic mass is 10.1. The van der Waals surface area contributed by atoms with Crippen LogP contribution in [-0.2, 0) is 17.9 Å². The second-order valence-electron chi connectivity index (χ2n) is 6.63. The average molecular weight is 374 g/mol. The number of rotatable bonds is 7. The number of benzene rings is 2. The first kappa shape index (κ1) is 17.9. The normalized spacial score (nSPS) is 10.9. The highest BCUT2D eigenvalue weighted by Crippen LogP contribution is 2.32. The van der Waals surface area contributed by atoms with Gasteiger partial charge in [0, 0.05) is 11.5 Å². The lowest BCUT2D eigenvalue weighted by Crippen LogP contribution is -2.01. The van der Waals surface area contributed by atoms with Crippen LogP contribution in [0.2, 0.25) is 0 Å². The van der Waals surface area contributed by atoms with Crippen molar-refractivity contribution in [1.29, 1.82) is 0 Å². The number of hydrogen-bond acceptors (Lipinski definition) is 4. The highest BCUT2D eigenvalue weighted by molar-refractivity contribution is 5.93. The first-order valence-corrected chi connectivity index (χ1v) is 9.10. The Morgan fingerprint density at radius 2 is 1.93 bits per heavy atom. The number of allylic oxidation sites excluding steroid dienone is 1. The SMILES string of the molecule is C=C(C)OCc1ccc(-c2nn(Cc3ccccc3)c3cc(OC)ccc23)o1. The molecular formula is C23H22N2O3. The molecule has 0 unspecified atom stereocenters. The third-order valence-corrected chi connectivity index (χ3v) is 4.49. The quantitative estimate of drug-likeness (QED) is 0.406. The summed E-state index contributed by atoms with van der Waals surface area (Å²) in [7, 11) is 1.67. The van der Waals surface area contributed by atoms with Gasteiger partial charge in [0.1, 0.15) is 23.8 Å². The minimum absolute atomic E-state index is 0.353. The maximum absolute atomic E-state index is 5.98. The molecule has 0 aliphatic carbocycles. The number of aromatic nitrogens is 2. The predicted octanol–water partition coefficient (Wildman–Crippen LogP) is 5.40. The second-order valence-corrected chi connectivity index (χ2v) is 6.63. The van der Waals surface area contributed by atoms with Gasteiger partial charge in [-0.15, -0.1) is 0 Å². The molecule has 0 radical (unpaired) electrons. The van der Waals surface area contributed by atoms with E-state index in [0.29, 0.717) is 24.7 Å². The molecule has 0 fully saturated rings. The molecule has 4 rings (SSSR count). The molecule has 2 aromatic heterocycles. The first-order valence-electron chi connectivity index (χ1n) is 9.10. The van der Waals surface area contributed by atoms with Crippen molar-refractivity contribution in [3.05, 3.63) is 84.3 Å². The van der Waals surface area contributed by atoms with Gasteiger partial charge in [-0.05, 0) is 36.8 Å². The Morgan fingerprint density at radius 3 is 2.68 bits per heavy atom. The van der Waals surface area contributed by atoms with E-state index in [-0.39, 0.29) is 0 Å². The summed E-state index contributed by atoms with van der Waals surface area (Å²) in [6.07, 6.45) is 0. The predicted molar refractivity (Wildman–Crippen MR) is 109 cm³/mol. The molecular weight excluding hydrogens is 352 g/mol. The van der Waals surface area contributed by atoms with Crippen LogP contribution in [0.3, 0.4) is 0 Å². The molecule has 4 aromatic rings. The molecule has 0 bridgehead atoms. The van der Waals surface area contributed by atoms with Gasteiger partial charge in [-0.2, -0.15) is 5.10 Å². The van der Waals surface area contributed by atoms with Crippen molar-refractivity contribution in [1.82, 2.24) is 9.78 Å². The van der Waals surface area contributed by atoms with Crippen LogP contribution in [0.1, 0.15) is 18.2 Å². The molecule has 5 nitrogen and oxygen atoms in total. The van der Waals surface area contributed by atoms with Gasteiger partial charge in [0.2, 0.25) is 0 Å². The number of furan rings is 1. The molecule has 28 heavy (non-hydrogen) atoms. The molecule has 0 amide bonds. The molecule has 0 aliphatic heterocycles. The average Bonchev–Trinajstić information content (AvgIpc) is 3.31. The molecule has 142 valence electrons. The van der Waals surface area contributed by atoms with Gasteiger partial charge in [-0.1, -0.05) is 36.9 Å². The van der Waals surface area contributed by atoms with E-state index in [1.807, 2.05) is 60.1 Å². The molecule has 0 saturated heterocycles. The van der Waals surface area contributed by atoms with E-state index in [2.05, 4.69) is 18.7 Å². The third-order valence-electron chi connectivity index (χ3n) is 4.49. The zero-order chi connectivity index (χ0) is 19.5. The van der Waals surface area contributed by atoms with Crippen molar-refractivity contribution < 1.29 is 13.9 Å². The maximum Gasteiger partial charge on any atom is 0.155 e. The van der Waals surface area contributed by atoms with Gasteiger partial charge in [-0.3, -0.25) is 4.68 Å². The van der Waals surface area contributed by atoms with Crippen molar-refractivity contribution in [2.24, 2.45) is 0 Å². The Kier molecular flexibility index (Phi) is 4.89. The molecule has 0 saturated carbocycles. The molecule has 2 heterocycles. The van der Waals surface area contributed by atoms with Gasteiger partial charge >= 0.3 is 0 Å². The third kappa shape index (κ3) is 3.64. The summed E-state index contributed by atoms with van der Waals surface area (Å²) >= 11 is 0. The van der Waals surface area contributed by atoms with Crippen molar-refractivity contribution in [2.45, 2.75) is 20.1 Å². The Hall–Kier alpha value is -3.47. The summed E-state index contributed by atoms with van der Waals surface area (Å²) in [5.74, 6) is 2.89. The van der Waals surface area contributed by atoms with Gasteiger partial charge in [0.15, 0.2) is 5.76 Å². The van der Waals surface area contributed by atoms with Gasteiger partial charge < -0.3 is 13.9 Å². The Bertz CT molecular complexity index is 1110. The fourth-order valence-corrected chi connectivity index (χ4v) is 3.12. The summed E-state index contributed by atoms with van der Waals surface area (Å²) in [5, 5.41) is 5.86. The van der Waals surface area contributed by atoms with E-state index in [1.54, 1.807) is 7.11 Å². The van der Waals surface area contributed by atoms with E-state index in [4.69, 9.17) is 19.0 Å². The largest absolute Gasteiger partial charge is 0.497 e. The molecule has 5 heteroatoms. The van der Waals surface area contributed by atoms with Crippen LogP contribution in [0, 0.1) is 0 Å². The van der Waals surface area contributed by atoms with E-state index in [1.165, 1.54) is 5.56 Å². The van der Waals surface area contributed by atoms with Crippen molar-refractivity contribution in [2.75, 3.05) is 7.11 Å². The molecule has 0 atom stereocenters. The van der Waals surface area contributed by atoms with E-state index in [9.17, 15) is 0 Å². The number of methoxy groups -OCH3 is 1. The molecule has 2 aromatic carbocycles. The van der Waals surface area contributed by atoms with Crippen molar-refractivity contribution in [3.63, 3.8) is 0 Å². The number of fused-ring (bicyclic) bond motifs is 1. The summed E-state index contributed by atoms with van der Waals surface area (Å²) < 4.78 is 18.8. The van der Waals surface area contributed by atoms with Crippen molar-refractivity contribution in [3.8, 4) is 17.2 Å². The van der Waals surface area contributed by atoms with Crippen LogP contribution in [0.25, 0.3) is 22.4 Å². The van der Waals surface area contributed by atoms with E-state index in [0.717, 1.165) is 28.1 Å². The highest BCUT2D eigenvalue weighted by atomic mass is 16.5. The van der Waals surface area contributed by atoms with Crippen LogP contribution in [0.5, 0.6) is 5.75 Å². The lowest BCUT2D eigenvalue weighted by molar-refractivity contribution is 0.181. The van der Waals surface area contributed by atoms with Crippen molar-refractivity contribution >= 4 is 10.9 Å². The lowest BCUT2D eigenvalue weighted by Gasteiger charge is -2.05. The smallest absolute Gasteiger partial charge is 0.155 e. The van der Waals surface area contributed by atoms with Gasteiger partial charge in [0.05, 0.1) is 24.9 Å². The first-order chi connectivity index (χ1) is 13.6. The number of hydrogen-bond donors (Lipinski definition) is 0. The van der Waals surface area contributed by atoms with E-state index < -0.39 is 0 Å².